The Labute approximate surface area is 108 Å². The van der Waals surface area contributed by atoms with Crippen LogP contribution in [0.1, 0.15) is 18.4 Å². The van der Waals surface area contributed by atoms with Crippen LogP contribution in [0.2, 0.25) is 0 Å². The van der Waals surface area contributed by atoms with Crippen LogP contribution >= 0.6 is 0 Å². The minimum Gasteiger partial charge on any atom is -0.369 e. The molecule has 2 heterocycles. The number of pyridine rings is 1. The molecule has 1 fully saturated rings. The summed E-state index contributed by atoms with van der Waals surface area (Å²) in [5.74, 6) is 0. The van der Waals surface area contributed by atoms with E-state index in [-0.39, 0.29) is 0 Å². The van der Waals surface area contributed by atoms with Gasteiger partial charge in [0.1, 0.15) is 0 Å². The second kappa shape index (κ2) is 4.58. The number of anilines is 1. The van der Waals surface area contributed by atoms with Crippen LogP contribution in [-0.4, -0.2) is 24.1 Å². The lowest BCUT2D eigenvalue weighted by Gasteiger charge is -2.33. The van der Waals surface area contributed by atoms with Crippen molar-refractivity contribution in [1.29, 1.82) is 0 Å². The smallest absolute Gasteiger partial charge is 0.0751 e. The molecule has 3 heteroatoms. The van der Waals surface area contributed by atoms with E-state index in [0.717, 1.165) is 25.0 Å². The Bertz CT molecular complexity index is 565. The predicted octanol–water partition coefficient (Wildman–Crippen LogP) is 2.47. The first-order valence-electron chi connectivity index (χ1n) is 6.60. The number of fused-ring (bicyclic) bond motifs is 1. The second-order valence-electron chi connectivity index (χ2n) is 5.15. The lowest BCUT2D eigenvalue weighted by molar-refractivity contribution is 0.507. The quantitative estimate of drug-likeness (QED) is 0.834. The molecule has 1 atom stereocenters. The maximum Gasteiger partial charge on any atom is 0.0751 e. The van der Waals surface area contributed by atoms with Crippen LogP contribution in [0.25, 0.3) is 10.9 Å². The van der Waals surface area contributed by atoms with Gasteiger partial charge in [0.25, 0.3) is 0 Å². The summed E-state index contributed by atoms with van der Waals surface area (Å²) >= 11 is 0. The first kappa shape index (κ1) is 11.5. The maximum absolute atomic E-state index is 6.08. The molecular formula is C15H19N3. The van der Waals surface area contributed by atoms with Crippen LogP contribution in [0.15, 0.2) is 30.5 Å². The molecule has 94 valence electrons. The molecule has 1 unspecified atom stereocenters. The number of benzene rings is 1. The van der Waals surface area contributed by atoms with Crippen molar-refractivity contribution >= 4 is 16.6 Å². The standard InChI is InChI=1S/C15H19N3/c1-11-6-7-14(13-5-2-8-17-15(11)13)18-9-3-4-12(16)10-18/h2,5-8,12H,3-4,9-10,16H2,1H3. The van der Waals surface area contributed by atoms with E-state index < -0.39 is 0 Å². The van der Waals surface area contributed by atoms with Gasteiger partial charge in [0.2, 0.25) is 0 Å². The van der Waals surface area contributed by atoms with E-state index in [1.54, 1.807) is 0 Å². The second-order valence-corrected chi connectivity index (χ2v) is 5.15. The summed E-state index contributed by atoms with van der Waals surface area (Å²) in [4.78, 5) is 6.90. The number of nitrogens with zero attached hydrogens (tertiary/aromatic N) is 2. The summed E-state index contributed by atoms with van der Waals surface area (Å²) < 4.78 is 0. The van der Waals surface area contributed by atoms with Gasteiger partial charge in [-0.3, -0.25) is 4.98 Å². The number of nitrogens with two attached hydrogens (primary N) is 1. The summed E-state index contributed by atoms with van der Waals surface area (Å²) in [6, 6.07) is 8.83. The highest BCUT2D eigenvalue weighted by atomic mass is 15.2. The molecule has 2 aromatic rings. The summed E-state index contributed by atoms with van der Waals surface area (Å²) in [5.41, 5.74) is 9.69. The van der Waals surface area contributed by atoms with Crippen LogP contribution in [0, 0.1) is 6.92 Å². The first-order valence-corrected chi connectivity index (χ1v) is 6.60. The van der Waals surface area contributed by atoms with Crippen molar-refractivity contribution in [2.75, 3.05) is 18.0 Å². The topological polar surface area (TPSA) is 42.1 Å². The highest BCUT2D eigenvalue weighted by Crippen LogP contribution is 2.29. The Morgan fingerprint density at radius 3 is 3.06 bits per heavy atom. The molecule has 0 amide bonds. The molecule has 1 aromatic heterocycles. The number of aryl methyl sites for hydroxylation is 1. The molecular weight excluding hydrogens is 222 g/mol. The van der Waals surface area contributed by atoms with Gasteiger partial charge in [0.15, 0.2) is 0 Å². The van der Waals surface area contributed by atoms with Gasteiger partial charge < -0.3 is 10.6 Å². The molecule has 0 spiro atoms. The fourth-order valence-corrected chi connectivity index (χ4v) is 2.80. The zero-order valence-corrected chi connectivity index (χ0v) is 10.8. The lowest BCUT2D eigenvalue weighted by atomic mass is 10.0. The number of rotatable bonds is 1. The Balaban J connectivity index is 2.09. The summed E-state index contributed by atoms with van der Waals surface area (Å²) in [6.45, 7) is 4.16. The highest BCUT2D eigenvalue weighted by molar-refractivity contribution is 5.93. The largest absolute Gasteiger partial charge is 0.369 e. The minimum absolute atomic E-state index is 0.298. The van der Waals surface area contributed by atoms with Crippen molar-refractivity contribution in [1.82, 2.24) is 4.98 Å². The molecule has 0 saturated carbocycles. The van der Waals surface area contributed by atoms with E-state index in [1.807, 2.05) is 12.3 Å². The molecule has 1 aromatic carbocycles. The van der Waals surface area contributed by atoms with Gasteiger partial charge in [-0.15, -0.1) is 0 Å². The normalized spacial score (nSPS) is 20.3. The van der Waals surface area contributed by atoms with E-state index >= 15 is 0 Å². The molecule has 18 heavy (non-hydrogen) atoms. The van der Waals surface area contributed by atoms with Crippen molar-refractivity contribution in [3.63, 3.8) is 0 Å². The third kappa shape index (κ3) is 1.95. The Morgan fingerprint density at radius 2 is 2.22 bits per heavy atom. The zero-order valence-electron chi connectivity index (χ0n) is 10.8. The van der Waals surface area contributed by atoms with Crippen LogP contribution in [0.3, 0.4) is 0 Å². The van der Waals surface area contributed by atoms with Crippen LogP contribution < -0.4 is 10.6 Å². The van der Waals surface area contributed by atoms with Gasteiger partial charge in [-0.05, 0) is 43.5 Å². The van der Waals surface area contributed by atoms with Gasteiger partial charge >= 0.3 is 0 Å². The molecule has 0 radical (unpaired) electrons. The van der Waals surface area contributed by atoms with E-state index in [2.05, 4.69) is 35.0 Å². The summed E-state index contributed by atoms with van der Waals surface area (Å²) in [5, 5.41) is 1.24. The summed E-state index contributed by atoms with van der Waals surface area (Å²) in [6.07, 6.45) is 4.18. The van der Waals surface area contributed by atoms with Crippen molar-refractivity contribution in [3.8, 4) is 0 Å². The van der Waals surface area contributed by atoms with E-state index in [1.165, 1.54) is 23.1 Å². The maximum atomic E-state index is 6.08. The molecule has 1 aliphatic rings. The Kier molecular flexibility index (Phi) is 2.92. The van der Waals surface area contributed by atoms with Crippen LogP contribution in [-0.2, 0) is 0 Å². The van der Waals surface area contributed by atoms with Crippen molar-refractivity contribution in [2.45, 2.75) is 25.8 Å². The van der Waals surface area contributed by atoms with Crippen molar-refractivity contribution < 1.29 is 0 Å². The van der Waals surface area contributed by atoms with Gasteiger partial charge in [0, 0.05) is 36.4 Å². The van der Waals surface area contributed by atoms with E-state index in [4.69, 9.17) is 5.73 Å². The van der Waals surface area contributed by atoms with Gasteiger partial charge in [0.05, 0.1) is 5.52 Å². The number of hydrogen-bond acceptors (Lipinski definition) is 3. The monoisotopic (exact) mass is 241 g/mol. The average molecular weight is 241 g/mol. The molecule has 2 N–H and O–H groups in total. The Morgan fingerprint density at radius 1 is 1.33 bits per heavy atom. The average Bonchev–Trinajstić information content (AvgIpc) is 2.39. The number of hydrogen-bond donors (Lipinski definition) is 1. The molecule has 0 bridgehead atoms. The van der Waals surface area contributed by atoms with Gasteiger partial charge in [-0.1, -0.05) is 6.07 Å². The van der Waals surface area contributed by atoms with Crippen molar-refractivity contribution in [2.24, 2.45) is 5.73 Å². The third-order valence-corrected chi connectivity index (χ3v) is 3.75. The van der Waals surface area contributed by atoms with Crippen molar-refractivity contribution in [3.05, 3.63) is 36.0 Å². The van der Waals surface area contributed by atoms with E-state index in [0.29, 0.717) is 6.04 Å². The molecule has 3 nitrogen and oxygen atoms in total. The fourth-order valence-electron chi connectivity index (χ4n) is 2.80. The Hall–Kier alpha value is -1.61. The lowest BCUT2D eigenvalue weighted by Crippen LogP contribution is -2.42. The predicted molar refractivity (Wildman–Crippen MR) is 75.9 cm³/mol. The minimum atomic E-state index is 0.298. The molecule has 0 aliphatic carbocycles. The first-order chi connectivity index (χ1) is 8.75. The molecule has 1 saturated heterocycles. The van der Waals surface area contributed by atoms with Crippen LogP contribution in [0.4, 0.5) is 5.69 Å². The molecule has 1 aliphatic heterocycles. The number of aromatic nitrogens is 1. The number of piperidine rings is 1. The highest BCUT2D eigenvalue weighted by Gasteiger charge is 2.18. The van der Waals surface area contributed by atoms with E-state index in [9.17, 15) is 0 Å². The third-order valence-electron chi connectivity index (χ3n) is 3.75. The van der Waals surface area contributed by atoms with Crippen LogP contribution in [0.5, 0.6) is 0 Å². The SMILES string of the molecule is Cc1ccc(N2CCCC(N)C2)c2cccnc12. The van der Waals surface area contributed by atoms with Gasteiger partial charge in [-0.25, -0.2) is 0 Å². The van der Waals surface area contributed by atoms with Gasteiger partial charge in [-0.2, -0.15) is 0 Å². The molecule has 3 rings (SSSR count). The fraction of sp³-hybridized carbons (Fsp3) is 0.400. The zero-order chi connectivity index (χ0) is 12.5. The summed E-state index contributed by atoms with van der Waals surface area (Å²) in [7, 11) is 0.